The van der Waals surface area contributed by atoms with Crippen LogP contribution in [0.15, 0.2) is 77.8 Å². The maximum absolute atomic E-state index is 9.91. The van der Waals surface area contributed by atoms with Gasteiger partial charge in [0.1, 0.15) is 17.7 Å². The summed E-state index contributed by atoms with van der Waals surface area (Å²) in [5, 5.41) is 11.4. The maximum Gasteiger partial charge on any atom is 0.161 e. The fourth-order valence-corrected chi connectivity index (χ4v) is 5.80. The van der Waals surface area contributed by atoms with E-state index in [4.69, 9.17) is 26.1 Å². The first-order valence-electron chi connectivity index (χ1n) is 12.6. The van der Waals surface area contributed by atoms with E-state index < -0.39 is 0 Å². The normalized spacial score (nSPS) is 13.3. The molecule has 0 atom stereocenters. The first kappa shape index (κ1) is 26.0. The summed E-state index contributed by atoms with van der Waals surface area (Å²) in [6.45, 7) is 5.57. The van der Waals surface area contributed by atoms with Crippen molar-refractivity contribution in [1.82, 2.24) is 4.90 Å². The van der Waals surface area contributed by atoms with Gasteiger partial charge >= 0.3 is 0 Å². The third-order valence-electron chi connectivity index (χ3n) is 6.38. The zero-order chi connectivity index (χ0) is 26.3. The molecule has 0 bridgehead atoms. The fourth-order valence-electron chi connectivity index (χ4n) is 4.49. The fraction of sp³-hybridized carbons (Fsp3) is 0.226. The highest BCUT2D eigenvalue weighted by molar-refractivity contribution is 7.16. The van der Waals surface area contributed by atoms with Gasteiger partial charge in [-0.25, -0.2) is 4.99 Å². The van der Waals surface area contributed by atoms with Gasteiger partial charge in [-0.05, 0) is 65.9 Å². The van der Waals surface area contributed by atoms with Crippen LogP contribution in [0.3, 0.4) is 0 Å². The summed E-state index contributed by atoms with van der Waals surface area (Å²) in [5.74, 6) is 1.33. The van der Waals surface area contributed by atoms with Crippen LogP contribution >= 0.6 is 22.9 Å². The van der Waals surface area contributed by atoms with E-state index in [2.05, 4.69) is 35.2 Å². The lowest BCUT2D eigenvalue weighted by molar-refractivity contribution is 0.249. The van der Waals surface area contributed by atoms with E-state index in [1.54, 1.807) is 17.6 Å². The van der Waals surface area contributed by atoms with E-state index in [1.165, 1.54) is 10.4 Å². The number of aliphatic imine (C=N–C) groups is 1. The van der Waals surface area contributed by atoms with Gasteiger partial charge in [-0.2, -0.15) is 5.26 Å². The summed E-state index contributed by atoms with van der Waals surface area (Å²) >= 11 is 7.60. The molecule has 7 heteroatoms. The van der Waals surface area contributed by atoms with Gasteiger partial charge in [-0.15, -0.1) is 11.3 Å². The van der Waals surface area contributed by atoms with Crippen LogP contribution in [0, 0.1) is 11.3 Å². The van der Waals surface area contributed by atoms with Crippen molar-refractivity contribution >= 4 is 34.2 Å². The Morgan fingerprint density at radius 1 is 1.03 bits per heavy atom. The van der Waals surface area contributed by atoms with Crippen LogP contribution in [-0.4, -0.2) is 24.3 Å². The minimum Gasteiger partial charge on any atom is -0.490 e. The van der Waals surface area contributed by atoms with Crippen LogP contribution in [0.5, 0.6) is 11.5 Å². The SMILES string of the molecule is CCOc1cc(C=Nc2sc3c(c2C#N)CCN(Cc2ccccc2)C3)ccc1OCc1ccc(Cl)cc1. The zero-order valence-electron chi connectivity index (χ0n) is 21.2. The lowest BCUT2D eigenvalue weighted by Gasteiger charge is -2.26. The summed E-state index contributed by atoms with van der Waals surface area (Å²) in [7, 11) is 0. The van der Waals surface area contributed by atoms with E-state index in [-0.39, 0.29) is 0 Å². The number of rotatable bonds is 9. The highest BCUT2D eigenvalue weighted by Crippen LogP contribution is 2.39. The number of fused-ring (bicyclic) bond motifs is 1. The molecular formula is C31H28ClN3O2S. The Labute approximate surface area is 232 Å². The molecule has 0 saturated heterocycles. The Hall–Kier alpha value is -3.63. The number of nitrogens with zero attached hydrogens (tertiary/aromatic N) is 3. The molecule has 192 valence electrons. The van der Waals surface area contributed by atoms with Crippen LogP contribution in [0.25, 0.3) is 0 Å². The third-order valence-corrected chi connectivity index (χ3v) is 7.76. The topological polar surface area (TPSA) is 57.8 Å². The molecule has 5 nitrogen and oxygen atoms in total. The molecule has 1 aliphatic heterocycles. The van der Waals surface area contributed by atoms with Gasteiger partial charge < -0.3 is 9.47 Å². The minimum absolute atomic E-state index is 0.415. The molecular weight excluding hydrogens is 514 g/mol. The van der Waals surface area contributed by atoms with Gasteiger partial charge in [-0.3, -0.25) is 4.90 Å². The van der Waals surface area contributed by atoms with Gasteiger partial charge in [0.25, 0.3) is 0 Å². The van der Waals surface area contributed by atoms with Gasteiger partial charge in [0.15, 0.2) is 11.5 Å². The Bertz CT molecular complexity index is 1460. The predicted molar refractivity (Wildman–Crippen MR) is 154 cm³/mol. The molecule has 0 spiro atoms. The van der Waals surface area contributed by atoms with Crippen molar-refractivity contribution in [1.29, 1.82) is 5.26 Å². The van der Waals surface area contributed by atoms with Gasteiger partial charge in [-0.1, -0.05) is 54.1 Å². The van der Waals surface area contributed by atoms with Crippen molar-refractivity contribution in [3.8, 4) is 17.6 Å². The van der Waals surface area contributed by atoms with E-state index >= 15 is 0 Å². The Morgan fingerprint density at radius 3 is 2.61 bits per heavy atom. The lowest BCUT2D eigenvalue weighted by atomic mass is 10.0. The average Bonchev–Trinajstić information content (AvgIpc) is 3.29. The number of nitriles is 1. The summed E-state index contributed by atoms with van der Waals surface area (Å²) in [4.78, 5) is 8.40. The molecule has 3 aromatic carbocycles. The number of ether oxygens (including phenoxy) is 2. The first-order chi connectivity index (χ1) is 18.6. The van der Waals surface area contributed by atoms with Gasteiger partial charge in [0.2, 0.25) is 0 Å². The molecule has 0 aliphatic carbocycles. The molecule has 2 heterocycles. The van der Waals surface area contributed by atoms with Crippen LogP contribution < -0.4 is 9.47 Å². The smallest absolute Gasteiger partial charge is 0.161 e. The van der Waals surface area contributed by atoms with Crippen LogP contribution in [0.4, 0.5) is 5.00 Å². The highest BCUT2D eigenvalue weighted by Gasteiger charge is 2.24. The largest absolute Gasteiger partial charge is 0.490 e. The van der Waals surface area contributed by atoms with Crippen molar-refractivity contribution in [2.75, 3.05) is 13.2 Å². The summed E-state index contributed by atoms with van der Waals surface area (Å²) in [5.41, 5.74) is 5.06. The van der Waals surface area contributed by atoms with Crippen molar-refractivity contribution in [3.05, 3.63) is 111 Å². The van der Waals surface area contributed by atoms with Gasteiger partial charge in [0, 0.05) is 35.7 Å². The minimum atomic E-state index is 0.415. The molecule has 1 aromatic heterocycles. The monoisotopic (exact) mass is 541 g/mol. The Morgan fingerprint density at radius 2 is 1.84 bits per heavy atom. The molecule has 0 N–H and O–H groups in total. The van der Waals surface area contributed by atoms with Crippen LogP contribution in [0.1, 0.15) is 39.6 Å². The van der Waals surface area contributed by atoms with Crippen molar-refractivity contribution < 1.29 is 9.47 Å². The molecule has 38 heavy (non-hydrogen) atoms. The third kappa shape index (κ3) is 6.25. The predicted octanol–water partition coefficient (Wildman–Crippen LogP) is 7.56. The molecule has 0 amide bonds. The number of halogens is 1. The van der Waals surface area contributed by atoms with Crippen molar-refractivity contribution in [2.24, 2.45) is 4.99 Å². The number of hydrogen-bond donors (Lipinski definition) is 0. The van der Waals surface area contributed by atoms with E-state index in [1.807, 2.05) is 55.5 Å². The second kappa shape index (κ2) is 12.3. The van der Waals surface area contributed by atoms with Gasteiger partial charge in [0.05, 0.1) is 12.2 Å². The van der Waals surface area contributed by atoms with Crippen molar-refractivity contribution in [2.45, 2.75) is 33.0 Å². The van der Waals surface area contributed by atoms with E-state index in [0.29, 0.717) is 35.3 Å². The molecule has 0 radical (unpaired) electrons. The molecule has 5 rings (SSSR count). The Balaban J connectivity index is 1.30. The lowest BCUT2D eigenvalue weighted by Crippen LogP contribution is -2.29. The summed E-state index contributed by atoms with van der Waals surface area (Å²) in [6.07, 6.45) is 2.66. The Kier molecular flexibility index (Phi) is 8.40. The molecule has 0 saturated carbocycles. The van der Waals surface area contributed by atoms with Crippen LogP contribution in [0.2, 0.25) is 5.02 Å². The quantitative estimate of drug-likeness (QED) is 0.205. The van der Waals surface area contributed by atoms with Crippen molar-refractivity contribution in [3.63, 3.8) is 0 Å². The first-order valence-corrected chi connectivity index (χ1v) is 13.8. The molecule has 0 unspecified atom stereocenters. The maximum atomic E-state index is 9.91. The molecule has 1 aliphatic rings. The second-order valence-electron chi connectivity index (χ2n) is 9.05. The zero-order valence-corrected chi connectivity index (χ0v) is 22.8. The van der Waals surface area contributed by atoms with E-state index in [9.17, 15) is 5.26 Å². The highest BCUT2D eigenvalue weighted by atomic mass is 35.5. The average molecular weight is 542 g/mol. The number of benzene rings is 3. The molecule has 0 fully saturated rings. The second-order valence-corrected chi connectivity index (χ2v) is 10.6. The van der Waals surface area contributed by atoms with Crippen LogP contribution in [-0.2, 0) is 26.1 Å². The summed E-state index contributed by atoms with van der Waals surface area (Å²) < 4.78 is 11.9. The summed E-state index contributed by atoms with van der Waals surface area (Å²) in [6, 6.07) is 26.3. The standard InChI is InChI=1S/C31H28ClN3O2S/c1-2-36-29-16-24(10-13-28(29)37-21-23-8-11-25(32)12-9-23)18-34-31-27(17-33)26-14-15-35(20-30(26)38-31)19-22-6-4-3-5-7-22/h3-13,16,18H,2,14-15,19-21H2,1H3. The van der Waals surface area contributed by atoms with E-state index in [0.717, 1.165) is 47.7 Å². The number of thiophene rings is 1. The number of hydrogen-bond acceptors (Lipinski definition) is 6. The molecule has 4 aromatic rings.